The molecule has 0 amide bonds. The summed E-state index contributed by atoms with van der Waals surface area (Å²) in [6, 6.07) is 18.5. The Kier molecular flexibility index (Phi) is 7.73. The molecule has 0 fully saturated rings. The molecule has 0 saturated heterocycles. The number of primary sulfonamides is 1. The normalized spacial score (nSPS) is 12.1. The molecular weight excluding hydrogens is 447 g/mol. The number of carboxylic acids is 1. The van der Waals surface area contributed by atoms with Crippen molar-refractivity contribution >= 4 is 45.1 Å². The molecule has 0 bridgehead atoms. The van der Waals surface area contributed by atoms with Crippen LogP contribution in [-0.2, 0) is 14.8 Å². The van der Waals surface area contributed by atoms with Gasteiger partial charge in [-0.1, -0.05) is 48.6 Å². The summed E-state index contributed by atoms with van der Waals surface area (Å²) in [5, 5.41) is 18.0. The van der Waals surface area contributed by atoms with Gasteiger partial charge in [-0.05, 0) is 51.7 Å². The van der Waals surface area contributed by atoms with Crippen LogP contribution in [0.5, 0.6) is 0 Å². The van der Waals surface area contributed by atoms with Gasteiger partial charge in [0.1, 0.15) is 0 Å². The molecule has 3 aromatic rings. The topological polar surface area (TPSA) is 136 Å². The molecule has 11 heteroatoms. The number of aliphatic carboxylic acids is 1. The Hall–Kier alpha value is -3.70. The van der Waals surface area contributed by atoms with Gasteiger partial charge >= 0.3 is 12.1 Å². The van der Waals surface area contributed by atoms with Gasteiger partial charge < -0.3 is 10.9 Å². The van der Waals surface area contributed by atoms with E-state index in [4.69, 9.17) is 20.9 Å². The second kappa shape index (κ2) is 10.1. The van der Waals surface area contributed by atoms with Gasteiger partial charge in [-0.15, -0.1) is 0 Å². The summed E-state index contributed by atoms with van der Waals surface area (Å²) in [6.45, 7) is 0. The van der Waals surface area contributed by atoms with E-state index in [9.17, 15) is 21.6 Å². The van der Waals surface area contributed by atoms with Gasteiger partial charge in [0.25, 0.3) is 0 Å². The van der Waals surface area contributed by atoms with Crippen LogP contribution in [-0.4, -0.2) is 31.9 Å². The van der Waals surface area contributed by atoms with Crippen LogP contribution >= 0.6 is 0 Å². The maximum Gasteiger partial charge on any atom is 0.490 e. The first kappa shape index (κ1) is 24.6. The second-order valence-corrected chi connectivity index (χ2v) is 7.96. The number of alkyl halides is 3. The molecule has 0 unspecified atom stereocenters. The molecule has 168 valence electrons. The number of nitrogens with two attached hydrogens (primary N) is 2. The van der Waals surface area contributed by atoms with Crippen molar-refractivity contribution in [3.05, 3.63) is 77.4 Å². The number of hydrogen-bond acceptors (Lipinski definition) is 5. The number of hydrazone groups is 1. The van der Waals surface area contributed by atoms with Crippen LogP contribution in [0.25, 0.3) is 22.9 Å². The summed E-state index contributed by atoms with van der Waals surface area (Å²) in [6.07, 6.45) is 0.419. The lowest BCUT2D eigenvalue weighted by molar-refractivity contribution is -0.192. The second-order valence-electron chi connectivity index (χ2n) is 6.39. The van der Waals surface area contributed by atoms with Crippen LogP contribution in [0.3, 0.4) is 0 Å². The van der Waals surface area contributed by atoms with Crippen molar-refractivity contribution in [2.24, 2.45) is 16.1 Å². The first-order chi connectivity index (χ1) is 14.9. The Labute approximate surface area is 181 Å². The number of halogens is 3. The number of carbonyl (C=O) groups is 1. The first-order valence-corrected chi connectivity index (χ1v) is 10.3. The highest BCUT2D eigenvalue weighted by molar-refractivity contribution is 7.89. The summed E-state index contributed by atoms with van der Waals surface area (Å²) < 4.78 is 54.3. The molecule has 0 heterocycles. The standard InChI is InChI=1S/C19H17N3O2S.C2HF3O2/c20-22-13-16-4-8-17-11-15(3-7-18(17)12-16)2-1-14-5-9-19(10-6-14)25(21,23)24;3-2(4,5)1(6)7/h1-13H,20H2,(H2,21,23,24);(H,6,7)/b2-1+,22-13?;. The van der Waals surface area contributed by atoms with Gasteiger partial charge in [-0.3, -0.25) is 0 Å². The van der Waals surface area contributed by atoms with Crippen molar-refractivity contribution < 1.29 is 31.5 Å². The smallest absolute Gasteiger partial charge is 0.475 e. The number of carboxylic acid groups (broad SMARTS) is 1. The SMILES string of the molecule is NN=Cc1ccc2cc(/C=C/c3ccc(S(N)(=O)=O)cc3)ccc2c1.O=C(O)C(F)(F)F. The number of sulfonamides is 1. The number of rotatable bonds is 4. The van der Waals surface area contributed by atoms with Crippen LogP contribution in [0, 0.1) is 0 Å². The third-order valence-corrected chi connectivity index (χ3v) is 4.96. The fourth-order valence-corrected chi connectivity index (χ4v) is 3.03. The number of nitrogens with zero attached hydrogens (tertiary/aromatic N) is 1. The van der Waals surface area contributed by atoms with E-state index in [0.29, 0.717) is 0 Å². The van der Waals surface area contributed by atoms with E-state index < -0.39 is 22.2 Å². The minimum atomic E-state index is -5.08. The Balaban J connectivity index is 0.000000451. The molecule has 0 atom stereocenters. The predicted octanol–water partition coefficient (Wildman–Crippen LogP) is 3.58. The maximum absolute atomic E-state index is 11.3. The summed E-state index contributed by atoms with van der Waals surface area (Å²) in [5.74, 6) is 2.42. The van der Waals surface area contributed by atoms with Crippen molar-refractivity contribution in [1.29, 1.82) is 0 Å². The minimum Gasteiger partial charge on any atom is -0.475 e. The lowest BCUT2D eigenvalue weighted by atomic mass is 10.0. The van der Waals surface area contributed by atoms with Crippen molar-refractivity contribution in [2.75, 3.05) is 0 Å². The molecule has 7 nitrogen and oxygen atoms in total. The molecule has 0 saturated carbocycles. The average molecular weight is 465 g/mol. The monoisotopic (exact) mass is 465 g/mol. The molecule has 5 N–H and O–H groups in total. The highest BCUT2D eigenvalue weighted by Crippen LogP contribution is 2.19. The molecule has 0 aromatic heterocycles. The lowest BCUT2D eigenvalue weighted by Gasteiger charge is -2.02. The van der Waals surface area contributed by atoms with E-state index in [2.05, 4.69) is 11.2 Å². The highest BCUT2D eigenvalue weighted by Gasteiger charge is 2.38. The van der Waals surface area contributed by atoms with E-state index in [0.717, 1.165) is 27.5 Å². The molecule has 0 radical (unpaired) electrons. The Morgan fingerprint density at radius 1 is 0.875 bits per heavy atom. The summed E-state index contributed by atoms with van der Waals surface area (Å²) in [7, 11) is -3.66. The van der Waals surface area contributed by atoms with Gasteiger partial charge in [0.2, 0.25) is 10.0 Å². The zero-order valence-electron chi connectivity index (χ0n) is 16.3. The van der Waals surface area contributed by atoms with Crippen molar-refractivity contribution in [3.63, 3.8) is 0 Å². The molecule has 32 heavy (non-hydrogen) atoms. The van der Waals surface area contributed by atoms with E-state index in [-0.39, 0.29) is 4.90 Å². The van der Waals surface area contributed by atoms with E-state index in [1.807, 2.05) is 42.5 Å². The fraction of sp³-hybridized carbons (Fsp3) is 0.0476. The Morgan fingerprint density at radius 3 is 1.78 bits per heavy atom. The van der Waals surface area contributed by atoms with Gasteiger partial charge in [-0.2, -0.15) is 18.3 Å². The minimum absolute atomic E-state index is 0.104. The zero-order valence-corrected chi connectivity index (χ0v) is 17.1. The van der Waals surface area contributed by atoms with E-state index >= 15 is 0 Å². The molecular formula is C21H18F3N3O4S. The summed E-state index contributed by atoms with van der Waals surface area (Å²) >= 11 is 0. The molecule has 3 rings (SSSR count). The van der Waals surface area contributed by atoms with Crippen LogP contribution in [0.15, 0.2) is 70.7 Å². The largest absolute Gasteiger partial charge is 0.490 e. The third-order valence-electron chi connectivity index (χ3n) is 4.03. The molecule has 0 aliphatic rings. The summed E-state index contributed by atoms with van der Waals surface area (Å²) in [4.78, 5) is 9.00. The number of fused-ring (bicyclic) bond motifs is 1. The summed E-state index contributed by atoms with van der Waals surface area (Å²) in [5.41, 5.74) is 2.89. The number of hydrogen-bond donors (Lipinski definition) is 3. The Morgan fingerprint density at radius 2 is 1.31 bits per heavy atom. The molecule has 3 aromatic carbocycles. The van der Waals surface area contributed by atoms with E-state index in [1.165, 1.54) is 12.1 Å². The fourth-order valence-electron chi connectivity index (χ4n) is 2.51. The van der Waals surface area contributed by atoms with Crippen molar-refractivity contribution in [1.82, 2.24) is 0 Å². The first-order valence-electron chi connectivity index (χ1n) is 8.78. The maximum atomic E-state index is 11.3. The van der Waals surface area contributed by atoms with Crippen molar-refractivity contribution in [3.8, 4) is 0 Å². The average Bonchev–Trinajstić information content (AvgIpc) is 2.72. The van der Waals surface area contributed by atoms with Gasteiger partial charge in [-0.25, -0.2) is 18.4 Å². The van der Waals surface area contributed by atoms with Gasteiger partial charge in [0.05, 0.1) is 11.1 Å². The molecule has 0 aliphatic carbocycles. The lowest BCUT2D eigenvalue weighted by Crippen LogP contribution is -2.21. The molecule has 0 aliphatic heterocycles. The molecule has 0 spiro atoms. The van der Waals surface area contributed by atoms with Crippen LogP contribution in [0.2, 0.25) is 0 Å². The zero-order chi connectivity index (χ0) is 23.9. The quantitative estimate of drug-likeness (QED) is 0.234. The highest BCUT2D eigenvalue weighted by atomic mass is 32.2. The van der Waals surface area contributed by atoms with Gasteiger partial charge in [0, 0.05) is 0 Å². The third kappa shape index (κ3) is 7.22. The number of benzene rings is 3. The van der Waals surface area contributed by atoms with Crippen LogP contribution in [0.4, 0.5) is 13.2 Å². The van der Waals surface area contributed by atoms with Crippen LogP contribution in [0.1, 0.15) is 16.7 Å². The predicted molar refractivity (Wildman–Crippen MR) is 116 cm³/mol. The van der Waals surface area contributed by atoms with Crippen LogP contribution < -0.4 is 11.0 Å². The Bertz CT molecular complexity index is 1270. The van der Waals surface area contributed by atoms with Gasteiger partial charge in [0.15, 0.2) is 0 Å². The van der Waals surface area contributed by atoms with E-state index in [1.54, 1.807) is 18.3 Å². The van der Waals surface area contributed by atoms with Crippen molar-refractivity contribution in [2.45, 2.75) is 11.1 Å².